The lowest BCUT2D eigenvalue weighted by molar-refractivity contribution is -0.143. The van der Waals surface area contributed by atoms with Gasteiger partial charge in [0.1, 0.15) is 12.1 Å². The van der Waals surface area contributed by atoms with Gasteiger partial charge in [-0.1, -0.05) is 12.1 Å². The number of nitrogens with one attached hydrogen (secondary N) is 1. The molecule has 1 fully saturated rings. The molecule has 0 bridgehead atoms. The fourth-order valence-electron chi connectivity index (χ4n) is 5.28. The van der Waals surface area contributed by atoms with Crippen LogP contribution in [0.3, 0.4) is 0 Å². The molecule has 2 unspecified atom stereocenters. The highest BCUT2D eigenvalue weighted by Gasteiger charge is 2.55. The highest BCUT2D eigenvalue weighted by Crippen LogP contribution is 2.45. The number of ether oxygens (including phenoxy) is 1. The van der Waals surface area contributed by atoms with Crippen LogP contribution in [0.2, 0.25) is 0 Å². The van der Waals surface area contributed by atoms with Crippen LogP contribution in [0.25, 0.3) is 0 Å². The Balaban J connectivity index is 2.16. The molecule has 0 radical (unpaired) electrons. The van der Waals surface area contributed by atoms with Gasteiger partial charge in [0.15, 0.2) is 0 Å². The summed E-state index contributed by atoms with van der Waals surface area (Å²) >= 11 is 0. The Morgan fingerprint density at radius 1 is 1.05 bits per heavy atom. The van der Waals surface area contributed by atoms with Crippen LogP contribution in [0.4, 0.5) is 35.5 Å². The van der Waals surface area contributed by atoms with Gasteiger partial charge < -0.3 is 19.5 Å². The van der Waals surface area contributed by atoms with Crippen LogP contribution in [0.15, 0.2) is 42.5 Å². The van der Waals surface area contributed by atoms with Gasteiger partial charge in [0.05, 0.1) is 57.2 Å². The first-order chi connectivity index (χ1) is 20.1. The molecular weight excluding hydrogens is 621 g/mol. The van der Waals surface area contributed by atoms with E-state index in [0.29, 0.717) is 24.0 Å². The third kappa shape index (κ3) is 7.96. The largest absolute Gasteiger partial charge is 0.465 e. The topological polar surface area (TPSA) is 95.9 Å². The minimum Gasteiger partial charge on any atom is -0.465 e. The van der Waals surface area contributed by atoms with Crippen molar-refractivity contribution in [3.8, 4) is 0 Å². The maximum Gasteiger partial charge on any atom is 0.416 e. The van der Waals surface area contributed by atoms with E-state index in [1.807, 2.05) is 0 Å². The van der Waals surface area contributed by atoms with E-state index >= 15 is 0 Å². The lowest BCUT2D eigenvalue weighted by Crippen LogP contribution is -2.61. The van der Waals surface area contributed by atoms with Crippen LogP contribution in [0.5, 0.6) is 0 Å². The molecule has 0 aliphatic carbocycles. The number of hydrogen-bond donors (Lipinski definition) is 2. The first-order valence-electron chi connectivity index (χ1n) is 13.4. The van der Waals surface area contributed by atoms with Crippen molar-refractivity contribution in [2.24, 2.45) is 0 Å². The number of rotatable bonds is 9. The maximum absolute atomic E-state index is 13.9. The molecule has 1 aliphatic heterocycles. The average molecular weight is 655 g/mol. The minimum atomic E-state index is -5.10. The Labute approximate surface area is 252 Å². The van der Waals surface area contributed by atoms with Gasteiger partial charge >= 0.3 is 18.4 Å². The summed E-state index contributed by atoms with van der Waals surface area (Å²) in [6.07, 6.45) is -14.1. The summed E-state index contributed by atoms with van der Waals surface area (Å²) in [7, 11) is -1.82. The van der Waals surface area contributed by atoms with Crippen molar-refractivity contribution in [3.05, 3.63) is 70.5 Å². The number of carboxylic acid groups (broad SMARTS) is 1. The first kappa shape index (κ1) is 35.4. The number of amides is 1. The Bertz CT molecular complexity index is 1350. The maximum atomic E-state index is 13.9. The van der Waals surface area contributed by atoms with E-state index in [2.05, 4.69) is 4.72 Å². The number of carbonyl (C=O) groups excluding carboxylic acids is 1. The number of aldehydes is 1. The molecule has 0 aromatic heterocycles. The number of alkyl halides is 6. The molecule has 6 atom stereocenters. The Kier molecular flexibility index (Phi) is 10.3. The quantitative estimate of drug-likeness (QED) is 0.228. The fraction of sp³-hybridized carbons (Fsp3) is 0.517. The third-order valence-corrected chi connectivity index (χ3v) is 9.22. The summed E-state index contributed by atoms with van der Waals surface area (Å²) in [4.78, 5) is 25.4. The lowest BCUT2D eigenvalue weighted by atomic mass is 9.78. The molecular formula is C29H33F7N2O5S. The van der Waals surface area contributed by atoms with Crippen molar-refractivity contribution >= 4 is 23.4 Å². The fourth-order valence-corrected chi connectivity index (χ4v) is 6.21. The first-order valence-corrected chi connectivity index (χ1v) is 14.6. The summed E-state index contributed by atoms with van der Waals surface area (Å²) in [5.74, 6) is -1.66. The molecule has 44 heavy (non-hydrogen) atoms. The second-order valence-corrected chi connectivity index (χ2v) is 13.9. The van der Waals surface area contributed by atoms with E-state index < -0.39 is 92.9 Å². The highest BCUT2D eigenvalue weighted by molar-refractivity contribution is 7.84. The van der Waals surface area contributed by atoms with Crippen LogP contribution < -0.4 is 4.72 Å². The van der Waals surface area contributed by atoms with Crippen LogP contribution in [0, 0.1) is 5.82 Å². The van der Waals surface area contributed by atoms with E-state index in [0.717, 1.165) is 17.0 Å². The zero-order chi connectivity index (χ0) is 33.4. The van der Waals surface area contributed by atoms with Gasteiger partial charge in [0, 0.05) is 12.3 Å². The van der Waals surface area contributed by atoms with E-state index in [4.69, 9.17) is 4.74 Å². The predicted octanol–water partition coefficient (Wildman–Crippen LogP) is 6.86. The van der Waals surface area contributed by atoms with Crippen molar-refractivity contribution < 1.29 is 54.4 Å². The van der Waals surface area contributed by atoms with Crippen molar-refractivity contribution in [2.75, 3.05) is 6.54 Å². The van der Waals surface area contributed by atoms with E-state index in [-0.39, 0.29) is 12.5 Å². The van der Waals surface area contributed by atoms with E-state index in [1.165, 1.54) is 26.0 Å². The molecule has 3 rings (SSSR count). The Hall–Kier alpha value is -3.04. The minimum absolute atomic E-state index is 0.0127. The Morgan fingerprint density at radius 3 is 2.00 bits per heavy atom. The monoisotopic (exact) mass is 654 g/mol. The summed E-state index contributed by atoms with van der Waals surface area (Å²) in [5, 5.41) is 10.2. The molecule has 0 saturated carbocycles. The summed E-state index contributed by atoms with van der Waals surface area (Å²) < 4.78 is 116. The van der Waals surface area contributed by atoms with Gasteiger partial charge in [-0.05, 0) is 76.1 Å². The normalized spacial score (nSPS) is 22.4. The van der Waals surface area contributed by atoms with Crippen LogP contribution in [0.1, 0.15) is 75.3 Å². The second-order valence-electron chi connectivity index (χ2n) is 11.9. The molecule has 15 heteroatoms. The number of likely N-dealkylation sites (tertiary alicyclic amines) is 1. The van der Waals surface area contributed by atoms with Gasteiger partial charge in [-0.15, -0.1) is 0 Å². The summed E-state index contributed by atoms with van der Waals surface area (Å²) in [6.45, 7) is 7.24. The molecule has 1 heterocycles. The second kappa shape index (κ2) is 12.8. The summed E-state index contributed by atoms with van der Waals surface area (Å²) in [5.41, 5.74) is -4.75. The lowest BCUT2D eigenvalue weighted by Gasteiger charge is -2.43. The van der Waals surface area contributed by atoms with Gasteiger partial charge in [0.2, 0.25) is 0 Å². The standard InChI is InChI=1S/C29H33F7N2O5S/c1-16(18-12-19(28(31,32)33)14-20(13-18)29(34,35)36)43-22-15-38(25(40)41)24(23(22)17-6-8-21(30)9-7-17)27(5,10-11-39)37-44(42)26(2,3)4/h6-9,11-14,16,22-24,37H,10,15H2,1-5H3,(H,40,41)/t16-,22+,23-,24-,27?,44?/m1/s1. The molecule has 2 N–H and O–H groups in total. The van der Waals surface area contributed by atoms with E-state index in [1.54, 1.807) is 20.8 Å². The van der Waals surface area contributed by atoms with Crippen molar-refractivity contribution in [2.45, 2.75) is 87.8 Å². The Morgan fingerprint density at radius 2 is 1.57 bits per heavy atom. The SMILES string of the molecule is C[C@@H](O[C@H]1CN(C(=O)O)[C@@H](C(C)(CC=O)NS(=O)C(C)(C)C)[C@@H]1c1ccc(F)cc1)c1cc(C(F)(F)F)cc(C(F)(F)F)c1. The molecule has 244 valence electrons. The van der Waals surface area contributed by atoms with Crippen molar-refractivity contribution in [3.63, 3.8) is 0 Å². The smallest absolute Gasteiger partial charge is 0.416 e. The number of hydrogen-bond acceptors (Lipinski definition) is 4. The molecule has 7 nitrogen and oxygen atoms in total. The number of halogens is 7. The average Bonchev–Trinajstić information content (AvgIpc) is 3.27. The number of nitrogens with zero attached hydrogens (tertiary/aromatic N) is 1. The van der Waals surface area contributed by atoms with Gasteiger partial charge in [-0.2, -0.15) is 26.3 Å². The van der Waals surface area contributed by atoms with Crippen molar-refractivity contribution in [1.82, 2.24) is 9.62 Å². The molecule has 1 amide bonds. The molecule has 2 aromatic carbocycles. The molecule has 0 spiro atoms. The number of benzene rings is 2. The van der Waals surface area contributed by atoms with Crippen LogP contribution in [-0.4, -0.2) is 55.6 Å². The summed E-state index contributed by atoms with van der Waals surface area (Å²) in [6, 6.07) is 4.71. The highest BCUT2D eigenvalue weighted by atomic mass is 32.2. The molecule has 1 aliphatic rings. The van der Waals surface area contributed by atoms with Gasteiger partial charge in [0.25, 0.3) is 0 Å². The van der Waals surface area contributed by atoms with Crippen LogP contribution >= 0.6 is 0 Å². The zero-order valence-corrected chi connectivity index (χ0v) is 25.2. The zero-order valence-electron chi connectivity index (χ0n) is 24.4. The number of carbonyl (C=O) groups is 2. The third-order valence-electron chi connectivity index (χ3n) is 7.45. The van der Waals surface area contributed by atoms with E-state index in [9.17, 15) is 49.6 Å². The predicted molar refractivity (Wildman–Crippen MR) is 148 cm³/mol. The van der Waals surface area contributed by atoms with Crippen LogP contribution in [-0.2, 0) is 32.9 Å². The molecule has 2 aromatic rings. The van der Waals surface area contributed by atoms with Gasteiger partial charge in [-0.25, -0.2) is 18.1 Å². The molecule has 1 saturated heterocycles. The van der Waals surface area contributed by atoms with Gasteiger partial charge in [-0.3, -0.25) is 0 Å². The van der Waals surface area contributed by atoms with Crippen molar-refractivity contribution in [1.29, 1.82) is 0 Å².